The molecule has 122 valence electrons. The number of rotatable bonds is 6. The van der Waals surface area contributed by atoms with Crippen molar-refractivity contribution in [2.45, 2.75) is 71.9 Å². The van der Waals surface area contributed by atoms with Crippen LogP contribution in [-0.4, -0.2) is 52.1 Å². The lowest BCUT2D eigenvalue weighted by atomic mass is 9.98. The molecule has 0 aromatic heterocycles. The summed E-state index contributed by atoms with van der Waals surface area (Å²) in [5.41, 5.74) is 0. The molecule has 1 heterocycles. The topological polar surface area (TPSA) is 60.9 Å². The van der Waals surface area contributed by atoms with E-state index in [1.807, 2.05) is 23.6 Å². The fraction of sp³-hybridized carbons (Fsp3) is 0.875. The average Bonchev–Trinajstić information content (AvgIpc) is 2.41. The molecule has 0 bridgehead atoms. The largest absolute Gasteiger partial charge is 0.481 e. The van der Waals surface area contributed by atoms with Crippen LogP contribution in [0.3, 0.4) is 0 Å². The van der Waals surface area contributed by atoms with E-state index in [-0.39, 0.29) is 24.5 Å². The fourth-order valence-corrected chi connectivity index (χ4v) is 2.91. The summed E-state index contributed by atoms with van der Waals surface area (Å²) in [5, 5.41) is 8.87. The molecule has 1 rings (SSSR count). The monoisotopic (exact) mass is 298 g/mol. The predicted molar refractivity (Wildman–Crippen MR) is 83.3 cm³/mol. The normalized spacial score (nSPS) is 19.1. The van der Waals surface area contributed by atoms with E-state index in [2.05, 4.69) is 13.8 Å². The number of hydrogen-bond donors (Lipinski definition) is 1. The van der Waals surface area contributed by atoms with Crippen LogP contribution in [0.15, 0.2) is 0 Å². The number of carboxylic acids is 1. The molecule has 1 N–H and O–H groups in total. The summed E-state index contributed by atoms with van der Waals surface area (Å²) < 4.78 is 0. The van der Waals surface area contributed by atoms with Gasteiger partial charge in [-0.15, -0.1) is 0 Å². The van der Waals surface area contributed by atoms with E-state index in [0.717, 1.165) is 32.4 Å². The van der Waals surface area contributed by atoms with Crippen LogP contribution in [0.4, 0.5) is 4.79 Å². The highest BCUT2D eigenvalue weighted by Crippen LogP contribution is 2.23. The molecule has 0 aliphatic carbocycles. The third-order valence-electron chi connectivity index (χ3n) is 4.00. The zero-order chi connectivity index (χ0) is 16.0. The molecule has 0 aromatic carbocycles. The first-order valence-electron chi connectivity index (χ1n) is 8.12. The van der Waals surface area contributed by atoms with Gasteiger partial charge in [-0.3, -0.25) is 4.79 Å². The number of urea groups is 1. The number of carbonyl (C=O) groups excluding carboxylic acids is 1. The number of carbonyl (C=O) groups is 2. The summed E-state index contributed by atoms with van der Waals surface area (Å²) in [5.74, 6) is -0.352. The van der Waals surface area contributed by atoms with Gasteiger partial charge in [0.25, 0.3) is 0 Å². The summed E-state index contributed by atoms with van der Waals surface area (Å²) in [7, 11) is 0. The quantitative estimate of drug-likeness (QED) is 0.819. The van der Waals surface area contributed by atoms with Crippen molar-refractivity contribution < 1.29 is 14.7 Å². The number of amides is 2. The first-order valence-corrected chi connectivity index (χ1v) is 8.12. The maximum absolute atomic E-state index is 12.8. The molecule has 1 aliphatic rings. The molecule has 1 saturated heterocycles. The van der Waals surface area contributed by atoms with E-state index in [1.165, 1.54) is 0 Å². The van der Waals surface area contributed by atoms with Crippen molar-refractivity contribution in [3.05, 3.63) is 0 Å². The van der Waals surface area contributed by atoms with Crippen molar-refractivity contribution >= 4 is 12.0 Å². The van der Waals surface area contributed by atoms with Crippen LogP contribution in [0.2, 0.25) is 0 Å². The van der Waals surface area contributed by atoms with Gasteiger partial charge < -0.3 is 14.9 Å². The lowest BCUT2D eigenvalue weighted by Gasteiger charge is -2.41. The Bertz CT molecular complexity index is 355. The molecule has 1 fully saturated rings. The molecule has 1 atom stereocenters. The van der Waals surface area contributed by atoms with Gasteiger partial charge in [-0.05, 0) is 45.4 Å². The van der Waals surface area contributed by atoms with Crippen molar-refractivity contribution in [1.82, 2.24) is 9.80 Å². The SMILES string of the molecule is CC(C)CN(C(=O)N1CCCCC1CCC(=O)O)C(C)C. The Morgan fingerprint density at radius 3 is 2.43 bits per heavy atom. The minimum absolute atomic E-state index is 0.0776. The number of piperidine rings is 1. The number of carboxylic acid groups (broad SMARTS) is 1. The van der Waals surface area contributed by atoms with Crippen molar-refractivity contribution in [3.63, 3.8) is 0 Å². The zero-order valence-electron chi connectivity index (χ0n) is 13.8. The number of likely N-dealkylation sites (tertiary alicyclic amines) is 1. The van der Waals surface area contributed by atoms with Crippen LogP contribution in [0.25, 0.3) is 0 Å². The van der Waals surface area contributed by atoms with Gasteiger partial charge in [0, 0.05) is 31.6 Å². The second-order valence-electron chi connectivity index (χ2n) is 6.70. The summed E-state index contributed by atoms with van der Waals surface area (Å²) >= 11 is 0. The van der Waals surface area contributed by atoms with E-state index in [9.17, 15) is 9.59 Å². The summed E-state index contributed by atoms with van der Waals surface area (Å²) in [6, 6.07) is 0.325. The van der Waals surface area contributed by atoms with Gasteiger partial charge in [0.2, 0.25) is 0 Å². The highest BCUT2D eigenvalue weighted by molar-refractivity contribution is 5.75. The zero-order valence-corrected chi connectivity index (χ0v) is 13.8. The van der Waals surface area contributed by atoms with E-state index < -0.39 is 5.97 Å². The van der Waals surface area contributed by atoms with Gasteiger partial charge in [0.05, 0.1) is 0 Å². The van der Waals surface area contributed by atoms with Gasteiger partial charge in [-0.25, -0.2) is 4.79 Å². The highest BCUT2D eigenvalue weighted by atomic mass is 16.4. The Labute approximate surface area is 128 Å². The van der Waals surface area contributed by atoms with Crippen LogP contribution in [-0.2, 0) is 4.79 Å². The minimum Gasteiger partial charge on any atom is -0.481 e. The first-order chi connectivity index (χ1) is 9.82. The third-order valence-corrected chi connectivity index (χ3v) is 4.00. The fourth-order valence-electron chi connectivity index (χ4n) is 2.91. The lowest BCUT2D eigenvalue weighted by Crippen LogP contribution is -2.53. The second kappa shape index (κ2) is 8.25. The van der Waals surface area contributed by atoms with E-state index >= 15 is 0 Å². The van der Waals surface area contributed by atoms with Gasteiger partial charge in [-0.2, -0.15) is 0 Å². The van der Waals surface area contributed by atoms with E-state index in [4.69, 9.17) is 5.11 Å². The van der Waals surface area contributed by atoms with Crippen molar-refractivity contribution in [2.24, 2.45) is 5.92 Å². The van der Waals surface area contributed by atoms with Crippen LogP contribution in [0.1, 0.15) is 59.8 Å². The predicted octanol–water partition coefficient (Wildman–Crippen LogP) is 3.19. The Morgan fingerprint density at radius 1 is 1.24 bits per heavy atom. The Hall–Kier alpha value is -1.26. The average molecular weight is 298 g/mol. The summed E-state index contributed by atoms with van der Waals surface area (Å²) in [6.07, 6.45) is 3.73. The van der Waals surface area contributed by atoms with Crippen molar-refractivity contribution in [3.8, 4) is 0 Å². The first kappa shape index (κ1) is 17.8. The molecule has 0 spiro atoms. The number of hydrogen-bond acceptors (Lipinski definition) is 2. The van der Waals surface area contributed by atoms with E-state index in [0.29, 0.717) is 12.3 Å². The van der Waals surface area contributed by atoms with Crippen LogP contribution in [0, 0.1) is 5.92 Å². The standard InChI is InChI=1S/C16H30N2O3/c1-12(2)11-18(13(3)4)16(21)17-10-6-5-7-14(17)8-9-15(19)20/h12-14H,5-11H2,1-4H3,(H,19,20). The molecule has 2 amide bonds. The molecule has 0 saturated carbocycles. The van der Waals surface area contributed by atoms with Gasteiger partial charge in [0.1, 0.15) is 0 Å². The maximum Gasteiger partial charge on any atom is 0.320 e. The molecule has 1 aliphatic heterocycles. The summed E-state index contributed by atoms with van der Waals surface area (Å²) in [6.45, 7) is 9.80. The molecule has 0 aromatic rings. The molecular weight excluding hydrogens is 268 g/mol. The molecule has 5 nitrogen and oxygen atoms in total. The van der Waals surface area contributed by atoms with Gasteiger partial charge in [-0.1, -0.05) is 13.8 Å². The number of aliphatic carboxylic acids is 1. The third kappa shape index (κ3) is 5.56. The van der Waals surface area contributed by atoms with Gasteiger partial charge in [0.15, 0.2) is 0 Å². The van der Waals surface area contributed by atoms with Crippen molar-refractivity contribution in [1.29, 1.82) is 0 Å². The minimum atomic E-state index is -0.782. The summed E-state index contributed by atoms with van der Waals surface area (Å²) in [4.78, 5) is 27.5. The smallest absolute Gasteiger partial charge is 0.320 e. The maximum atomic E-state index is 12.8. The lowest BCUT2D eigenvalue weighted by molar-refractivity contribution is -0.137. The van der Waals surface area contributed by atoms with Crippen LogP contribution < -0.4 is 0 Å². The molecule has 1 unspecified atom stereocenters. The van der Waals surface area contributed by atoms with Gasteiger partial charge >= 0.3 is 12.0 Å². The van der Waals surface area contributed by atoms with E-state index in [1.54, 1.807) is 0 Å². The Kier molecular flexibility index (Phi) is 6.99. The Morgan fingerprint density at radius 2 is 1.90 bits per heavy atom. The molecule has 0 radical (unpaired) electrons. The number of nitrogens with zero attached hydrogens (tertiary/aromatic N) is 2. The van der Waals surface area contributed by atoms with Crippen LogP contribution >= 0.6 is 0 Å². The Balaban J connectivity index is 2.75. The highest BCUT2D eigenvalue weighted by Gasteiger charge is 2.31. The molecule has 21 heavy (non-hydrogen) atoms. The van der Waals surface area contributed by atoms with Crippen LogP contribution in [0.5, 0.6) is 0 Å². The molecular formula is C16H30N2O3. The van der Waals surface area contributed by atoms with Crippen molar-refractivity contribution in [2.75, 3.05) is 13.1 Å². The molecule has 5 heteroatoms. The second-order valence-corrected chi connectivity index (χ2v) is 6.70.